The van der Waals surface area contributed by atoms with Crippen molar-refractivity contribution in [3.8, 4) is 11.3 Å². The van der Waals surface area contributed by atoms with Gasteiger partial charge < -0.3 is 5.32 Å². The topological polar surface area (TPSA) is 59.8 Å². The van der Waals surface area contributed by atoms with Gasteiger partial charge in [-0.05, 0) is 27.7 Å². The first-order valence-corrected chi connectivity index (χ1v) is 9.12. The lowest BCUT2D eigenvalue weighted by atomic mass is 10.1. The van der Waals surface area contributed by atoms with Gasteiger partial charge in [0.25, 0.3) is 0 Å². The molecule has 0 aliphatic carbocycles. The second-order valence-electron chi connectivity index (χ2n) is 6.35. The van der Waals surface area contributed by atoms with Gasteiger partial charge in [-0.15, -0.1) is 11.3 Å². The summed E-state index contributed by atoms with van der Waals surface area (Å²) in [5, 5.41) is 8.17. The Bertz CT molecular complexity index is 877. The van der Waals surface area contributed by atoms with Crippen molar-refractivity contribution < 1.29 is 4.79 Å². The van der Waals surface area contributed by atoms with Crippen molar-refractivity contribution in [2.24, 2.45) is 0 Å². The Morgan fingerprint density at radius 3 is 2.60 bits per heavy atom. The summed E-state index contributed by atoms with van der Waals surface area (Å²) >= 11 is 1.57. The van der Waals surface area contributed by atoms with Crippen molar-refractivity contribution in [2.75, 3.05) is 5.32 Å². The highest BCUT2D eigenvalue weighted by Gasteiger charge is 2.16. The van der Waals surface area contributed by atoms with Gasteiger partial charge in [-0.1, -0.05) is 29.8 Å². The quantitative estimate of drug-likeness (QED) is 0.739. The van der Waals surface area contributed by atoms with Gasteiger partial charge >= 0.3 is 0 Å². The molecular formula is C19H22N4OS. The third-order valence-corrected chi connectivity index (χ3v) is 4.85. The van der Waals surface area contributed by atoms with E-state index in [9.17, 15) is 4.79 Å². The molecule has 0 unspecified atom stereocenters. The Morgan fingerprint density at radius 2 is 1.92 bits per heavy atom. The molecule has 2 heterocycles. The molecule has 3 aromatic rings. The highest BCUT2D eigenvalue weighted by molar-refractivity contribution is 7.12. The van der Waals surface area contributed by atoms with E-state index in [4.69, 9.17) is 0 Å². The molecular weight excluding hydrogens is 332 g/mol. The zero-order chi connectivity index (χ0) is 18.0. The number of hydrogen-bond donors (Lipinski definition) is 1. The van der Waals surface area contributed by atoms with Crippen LogP contribution in [0, 0.1) is 13.8 Å². The maximum Gasteiger partial charge on any atom is 0.230 e. The number of carbonyl (C=O) groups is 1. The van der Waals surface area contributed by atoms with E-state index in [-0.39, 0.29) is 11.9 Å². The van der Waals surface area contributed by atoms with Crippen molar-refractivity contribution in [1.29, 1.82) is 0 Å². The van der Waals surface area contributed by atoms with E-state index in [0.717, 1.165) is 27.0 Å². The van der Waals surface area contributed by atoms with Crippen LogP contribution < -0.4 is 5.32 Å². The van der Waals surface area contributed by atoms with Gasteiger partial charge in [-0.2, -0.15) is 5.10 Å². The third-order valence-electron chi connectivity index (χ3n) is 3.88. The number of nitrogens with zero attached hydrogens (tertiary/aromatic N) is 3. The van der Waals surface area contributed by atoms with Gasteiger partial charge in [0, 0.05) is 22.5 Å². The van der Waals surface area contributed by atoms with Crippen molar-refractivity contribution >= 4 is 23.1 Å². The molecule has 0 fully saturated rings. The van der Waals surface area contributed by atoms with Crippen LogP contribution >= 0.6 is 11.3 Å². The van der Waals surface area contributed by atoms with Gasteiger partial charge in [0.2, 0.25) is 5.91 Å². The first-order valence-electron chi connectivity index (χ1n) is 8.30. The lowest BCUT2D eigenvalue weighted by molar-refractivity contribution is -0.115. The number of benzene rings is 1. The summed E-state index contributed by atoms with van der Waals surface area (Å²) in [7, 11) is 0. The minimum absolute atomic E-state index is 0.0561. The molecule has 1 aromatic carbocycles. The zero-order valence-electron chi connectivity index (χ0n) is 14.9. The van der Waals surface area contributed by atoms with Gasteiger partial charge in [0.1, 0.15) is 5.82 Å². The molecule has 3 rings (SSSR count). The molecule has 6 heteroatoms. The van der Waals surface area contributed by atoms with Crippen LogP contribution in [0.2, 0.25) is 0 Å². The van der Waals surface area contributed by atoms with Crippen LogP contribution in [-0.2, 0) is 11.2 Å². The second kappa shape index (κ2) is 7.19. The van der Waals surface area contributed by atoms with Crippen LogP contribution in [-0.4, -0.2) is 20.7 Å². The lowest BCUT2D eigenvalue weighted by Crippen LogP contribution is -2.18. The third kappa shape index (κ3) is 3.96. The van der Waals surface area contributed by atoms with Gasteiger partial charge in [0.05, 0.1) is 23.3 Å². The van der Waals surface area contributed by atoms with Crippen molar-refractivity contribution in [1.82, 2.24) is 14.8 Å². The fourth-order valence-electron chi connectivity index (χ4n) is 2.68. The van der Waals surface area contributed by atoms with E-state index in [1.165, 1.54) is 5.56 Å². The summed E-state index contributed by atoms with van der Waals surface area (Å²) < 4.78 is 1.80. The summed E-state index contributed by atoms with van der Waals surface area (Å²) in [6.45, 7) is 8.09. The highest BCUT2D eigenvalue weighted by atomic mass is 32.1. The molecule has 1 amide bonds. The fourth-order valence-corrected chi connectivity index (χ4v) is 3.64. The van der Waals surface area contributed by atoms with Crippen molar-refractivity contribution in [3.63, 3.8) is 0 Å². The first-order chi connectivity index (χ1) is 11.9. The van der Waals surface area contributed by atoms with E-state index < -0.39 is 0 Å². The maximum absolute atomic E-state index is 12.5. The second-order valence-corrected chi connectivity index (χ2v) is 7.64. The minimum Gasteiger partial charge on any atom is -0.311 e. The molecule has 0 aliphatic rings. The molecule has 0 saturated heterocycles. The number of carbonyl (C=O) groups excluding carboxylic acids is 1. The Labute approximate surface area is 151 Å². The van der Waals surface area contributed by atoms with E-state index in [1.54, 1.807) is 22.2 Å². The van der Waals surface area contributed by atoms with E-state index in [2.05, 4.69) is 46.6 Å². The molecule has 0 aliphatic heterocycles. The SMILES string of the molecule is Cc1ccc(-c2nc(C)sc2CC(=O)Nc2ccnn2C(C)C)cc1. The molecule has 0 saturated carbocycles. The molecule has 2 aromatic heterocycles. The van der Waals surface area contributed by atoms with Crippen LogP contribution in [0.15, 0.2) is 36.5 Å². The normalized spacial score (nSPS) is 11.1. The Balaban J connectivity index is 1.80. The number of rotatable bonds is 5. The van der Waals surface area contributed by atoms with Crippen molar-refractivity contribution in [3.05, 3.63) is 52.0 Å². The summed E-state index contributed by atoms with van der Waals surface area (Å²) in [5.74, 6) is 0.664. The number of anilines is 1. The number of hydrogen-bond acceptors (Lipinski definition) is 4. The number of amides is 1. The smallest absolute Gasteiger partial charge is 0.230 e. The Hall–Kier alpha value is -2.47. The maximum atomic E-state index is 12.5. The average Bonchev–Trinajstić information content (AvgIpc) is 3.15. The van der Waals surface area contributed by atoms with E-state index in [1.807, 2.05) is 26.8 Å². The predicted octanol–water partition coefficient (Wildman–Crippen LogP) is 4.39. The zero-order valence-corrected chi connectivity index (χ0v) is 15.7. The summed E-state index contributed by atoms with van der Waals surface area (Å²) in [6.07, 6.45) is 2.00. The molecule has 5 nitrogen and oxygen atoms in total. The lowest BCUT2D eigenvalue weighted by Gasteiger charge is -2.11. The Morgan fingerprint density at radius 1 is 1.20 bits per heavy atom. The monoisotopic (exact) mass is 354 g/mol. The van der Waals surface area contributed by atoms with E-state index >= 15 is 0 Å². The summed E-state index contributed by atoms with van der Waals surface area (Å²) in [4.78, 5) is 18.1. The molecule has 0 atom stereocenters. The molecule has 130 valence electrons. The molecule has 25 heavy (non-hydrogen) atoms. The standard InChI is InChI=1S/C19H22N4OS/c1-12(2)23-17(9-10-20-23)22-18(24)11-16-19(21-14(4)25-16)15-7-5-13(3)6-8-15/h5-10,12H,11H2,1-4H3,(H,22,24). The highest BCUT2D eigenvalue weighted by Crippen LogP contribution is 2.29. The van der Waals surface area contributed by atoms with Crippen LogP contribution in [0.1, 0.15) is 35.3 Å². The largest absolute Gasteiger partial charge is 0.311 e. The summed E-state index contributed by atoms with van der Waals surface area (Å²) in [5.41, 5.74) is 3.15. The van der Waals surface area contributed by atoms with Crippen LogP contribution in [0.3, 0.4) is 0 Å². The van der Waals surface area contributed by atoms with Crippen LogP contribution in [0.5, 0.6) is 0 Å². The fraction of sp³-hybridized carbons (Fsp3) is 0.316. The number of aromatic nitrogens is 3. The van der Waals surface area contributed by atoms with Gasteiger partial charge in [-0.3, -0.25) is 4.79 Å². The molecule has 0 spiro atoms. The van der Waals surface area contributed by atoms with Crippen molar-refractivity contribution in [2.45, 2.75) is 40.2 Å². The van der Waals surface area contributed by atoms with Crippen LogP contribution in [0.4, 0.5) is 5.82 Å². The molecule has 0 bridgehead atoms. The Kier molecular flexibility index (Phi) is 4.99. The number of thiazole rings is 1. The minimum atomic E-state index is -0.0561. The van der Waals surface area contributed by atoms with E-state index in [0.29, 0.717) is 6.42 Å². The van der Waals surface area contributed by atoms with Crippen LogP contribution in [0.25, 0.3) is 11.3 Å². The summed E-state index contributed by atoms with van der Waals surface area (Å²) in [6, 6.07) is 10.2. The number of aryl methyl sites for hydroxylation is 2. The van der Waals surface area contributed by atoms with Gasteiger partial charge in [0.15, 0.2) is 0 Å². The predicted molar refractivity (Wildman–Crippen MR) is 102 cm³/mol. The van der Waals surface area contributed by atoms with Gasteiger partial charge in [-0.25, -0.2) is 9.67 Å². The number of nitrogens with one attached hydrogen (secondary N) is 1. The average molecular weight is 354 g/mol. The first kappa shape index (κ1) is 17.4. The molecule has 0 radical (unpaired) electrons. The molecule has 1 N–H and O–H groups in total.